The summed E-state index contributed by atoms with van der Waals surface area (Å²) in [4.78, 5) is 28.7. The number of aromatic nitrogens is 4. The van der Waals surface area contributed by atoms with E-state index in [4.69, 9.17) is 19.3 Å². The van der Waals surface area contributed by atoms with Crippen molar-refractivity contribution in [1.82, 2.24) is 19.6 Å². The molecule has 4 heterocycles. The second-order valence-corrected chi connectivity index (χ2v) is 8.88. The van der Waals surface area contributed by atoms with E-state index < -0.39 is 38.4 Å². The van der Waals surface area contributed by atoms with Crippen LogP contribution in [0.3, 0.4) is 0 Å². The highest BCUT2D eigenvalue weighted by Crippen LogP contribution is 2.37. The standard InChI is InChI=1S/C16H24N5O7P/c22-12-11(7-27-9-29(24,25)26)28-14(13(12)23)10-6-17-16-15(18-8-19-21(10)16)20-4-2-1-3-5-20/h6,8,11-14,22-23H,1-5,7,9H2,(H2,24,25,26)/t11-,12-,13-,14+/m1/s1. The van der Waals surface area contributed by atoms with Crippen LogP contribution in [0.4, 0.5) is 5.82 Å². The lowest BCUT2D eigenvalue weighted by molar-refractivity contribution is -0.0402. The van der Waals surface area contributed by atoms with Gasteiger partial charge < -0.3 is 34.4 Å². The van der Waals surface area contributed by atoms with E-state index in [0.29, 0.717) is 17.2 Å². The maximum Gasteiger partial charge on any atom is 0.350 e. The quantitative estimate of drug-likeness (QED) is 0.435. The number of hydrogen-bond donors (Lipinski definition) is 4. The van der Waals surface area contributed by atoms with Crippen molar-refractivity contribution in [3.05, 3.63) is 18.2 Å². The summed E-state index contributed by atoms with van der Waals surface area (Å²) < 4.78 is 23.1. The van der Waals surface area contributed by atoms with Crippen LogP contribution >= 0.6 is 7.60 Å². The van der Waals surface area contributed by atoms with Crippen LogP contribution in [0.25, 0.3) is 5.65 Å². The Kier molecular flexibility index (Phi) is 5.85. The molecule has 4 N–H and O–H groups in total. The van der Waals surface area contributed by atoms with Gasteiger partial charge in [-0.25, -0.2) is 14.5 Å². The van der Waals surface area contributed by atoms with Crippen LogP contribution in [0.5, 0.6) is 0 Å². The summed E-state index contributed by atoms with van der Waals surface area (Å²) in [5.74, 6) is 0.709. The van der Waals surface area contributed by atoms with E-state index in [-0.39, 0.29) is 6.61 Å². The molecule has 4 atom stereocenters. The van der Waals surface area contributed by atoms with Crippen LogP contribution in [0, 0.1) is 0 Å². The van der Waals surface area contributed by atoms with E-state index >= 15 is 0 Å². The van der Waals surface area contributed by atoms with Crippen LogP contribution in [-0.4, -0.2) is 83.9 Å². The first kappa shape index (κ1) is 20.6. The molecular weight excluding hydrogens is 405 g/mol. The lowest BCUT2D eigenvalue weighted by Crippen LogP contribution is -2.33. The molecule has 0 unspecified atom stereocenters. The normalized spacial score (nSPS) is 28.3. The van der Waals surface area contributed by atoms with Crippen molar-refractivity contribution < 1.29 is 34.0 Å². The molecule has 160 valence electrons. The lowest BCUT2D eigenvalue weighted by atomic mass is 10.1. The van der Waals surface area contributed by atoms with Crippen LogP contribution in [-0.2, 0) is 14.0 Å². The monoisotopic (exact) mass is 429 g/mol. The average molecular weight is 429 g/mol. The number of anilines is 1. The smallest absolute Gasteiger partial charge is 0.350 e. The van der Waals surface area contributed by atoms with Gasteiger partial charge in [0.25, 0.3) is 0 Å². The zero-order valence-corrected chi connectivity index (χ0v) is 16.5. The Morgan fingerprint density at radius 3 is 2.66 bits per heavy atom. The third-order valence-corrected chi connectivity index (χ3v) is 5.68. The fourth-order valence-corrected chi connectivity index (χ4v) is 4.11. The molecular formula is C16H24N5O7P. The minimum Gasteiger partial charge on any atom is -0.387 e. The second-order valence-electron chi connectivity index (χ2n) is 7.29. The zero-order chi connectivity index (χ0) is 20.6. The third kappa shape index (κ3) is 4.29. The van der Waals surface area contributed by atoms with E-state index in [1.807, 2.05) is 0 Å². The van der Waals surface area contributed by atoms with Gasteiger partial charge in [-0.3, -0.25) is 4.57 Å². The van der Waals surface area contributed by atoms with Gasteiger partial charge in [0, 0.05) is 13.1 Å². The molecule has 4 rings (SSSR count). The Bertz CT molecular complexity index is 899. The summed E-state index contributed by atoms with van der Waals surface area (Å²) >= 11 is 0. The molecule has 2 fully saturated rings. The molecule has 0 saturated carbocycles. The topological polar surface area (TPSA) is 163 Å². The summed E-state index contributed by atoms with van der Waals surface area (Å²) in [6.45, 7) is 1.49. The van der Waals surface area contributed by atoms with Crippen molar-refractivity contribution >= 4 is 19.1 Å². The van der Waals surface area contributed by atoms with E-state index in [1.54, 1.807) is 0 Å². The molecule has 0 bridgehead atoms. The molecule has 2 aromatic heterocycles. The molecule has 2 aliphatic heterocycles. The van der Waals surface area contributed by atoms with E-state index in [9.17, 15) is 14.8 Å². The van der Waals surface area contributed by atoms with E-state index in [0.717, 1.165) is 25.9 Å². The van der Waals surface area contributed by atoms with Crippen molar-refractivity contribution in [2.45, 2.75) is 43.7 Å². The van der Waals surface area contributed by atoms with Crippen molar-refractivity contribution in [2.75, 3.05) is 30.9 Å². The Morgan fingerprint density at radius 2 is 1.93 bits per heavy atom. The average Bonchev–Trinajstić information content (AvgIpc) is 3.24. The van der Waals surface area contributed by atoms with Gasteiger partial charge in [-0.1, -0.05) is 0 Å². The van der Waals surface area contributed by atoms with Gasteiger partial charge in [-0.2, -0.15) is 5.10 Å². The van der Waals surface area contributed by atoms with Crippen molar-refractivity contribution in [3.8, 4) is 0 Å². The molecule has 0 radical (unpaired) electrons. The SMILES string of the molecule is O=P(O)(O)COC[C@H]1O[C@@H](c2cnc3c(N4CCCCC4)ncnn23)[C@H](O)[C@@H]1O. The minimum absolute atomic E-state index is 0.273. The first-order chi connectivity index (χ1) is 13.8. The summed E-state index contributed by atoms with van der Waals surface area (Å²) in [5.41, 5.74) is 0.987. The van der Waals surface area contributed by atoms with E-state index in [1.165, 1.54) is 23.5 Å². The highest BCUT2D eigenvalue weighted by Gasteiger charge is 2.45. The number of piperidine rings is 1. The van der Waals surface area contributed by atoms with Gasteiger partial charge in [0.15, 0.2) is 11.5 Å². The lowest BCUT2D eigenvalue weighted by Gasteiger charge is -2.27. The Hall–Kier alpha value is -1.66. The number of aliphatic hydroxyl groups is 2. The van der Waals surface area contributed by atoms with E-state index in [2.05, 4.69) is 20.0 Å². The number of fused-ring (bicyclic) bond motifs is 1. The van der Waals surface area contributed by atoms with Gasteiger partial charge in [0.1, 0.15) is 37.1 Å². The van der Waals surface area contributed by atoms with Crippen LogP contribution in [0.1, 0.15) is 31.1 Å². The second kappa shape index (κ2) is 8.23. The number of aliphatic hydroxyl groups excluding tert-OH is 2. The maximum atomic E-state index is 10.9. The van der Waals surface area contributed by atoms with Gasteiger partial charge in [0.05, 0.1) is 18.5 Å². The Morgan fingerprint density at radius 1 is 1.17 bits per heavy atom. The highest BCUT2D eigenvalue weighted by molar-refractivity contribution is 7.51. The number of imidazole rings is 1. The van der Waals surface area contributed by atoms with Crippen molar-refractivity contribution in [3.63, 3.8) is 0 Å². The van der Waals surface area contributed by atoms with Crippen LogP contribution in [0.2, 0.25) is 0 Å². The molecule has 2 aliphatic rings. The third-order valence-electron chi connectivity index (χ3n) is 5.16. The summed E-state index contributed by atoms with van der Waals surface area (Å²) in [6, 6.07) is 0. The van der Waals surface area contributed by atoms with Gasteiger partial charge in [-0.15, -0.1) is 0 Å². The summed E-state index contributed by atoms with van der Waals surface area (Å²) in [5, 5.41) is 25.0. The predicted molar refractivity (Wildman–Crippen MR) is 99.3 cm³/mol. The fraction of sp³-hybridized carbons (Fsp3) is 0.688. The molecule has 0 aromatic carbocycles. The zero-order valence-electron chi connectivity index (χ0n) is 15.6. The Labute approximate surface area is 166 Å². The molecule has 0 spiro atoms. The number of ether oxygens (including phenoxy) is 2. The maximum absolute atomic E-state index is 10.9. The van der Waals surface area contributed by atoms with Crippen molar-refractivity contribution in [2.24, 2.45) is 0 Å². The first-order valence-corrected chi connectivity index (χ1v) is 11.2. The van der Waals surface area contributed by atoms with Crippen LogP contribution in [0.15, 0.2) is 12.5 Å². The fourth-order valence-electron chi connectivity index (χ4n) is 3.76. The number of hydrogen-bond acceptors (Lipinski definition) is 9. The predicted octanol–water partition coefficient (Wildman–Crippen LogP) is -0.572. The largest absolute Gasteiger partial charge is 0.387 e. The van der Waals surface area contributed by atoms with Crippen LogP contribution < -0.4 is 4.90 Å². The van der Waals surface area contributed by atoms with Gasteiger partial charge in [0.2, 0.25) is 0 Å². The molecule has 0 amide bonds. The molecule has 0 aliphatic carbocycles. The molecule has 2 saturated heterocycles. The first-order valence-electron chi connectivity index (χ1n) is 9.42. The highest BCUT2D eigenvalue weighted by atomic mass is 31.2. The molecule has 12 nitrogen and oxygen atoms in total. The molecule has 2 aromatic rings. The summed E-state index contributed by atoms with van der Waals surface area (Å²) in [7, 11) is -4.33. The minimum atomic E-state index is -4.33. The number of rotatable bonds is 6. The molecule has 29 heavy (non-hydrogen) atoms. The van der Waals surface area contributed by atoms with Gasteiger partial charge in [-0.05, 0) is 19.3 Å². The summed E-state index contributed by atoms with van der Waals surface area (Å²) in [6.07, 6.45) is 1.07. The van der Waals surface area contributed by atoms with Gasteiger partial charge >= 0.3 is 7.60 Å². The van der Waals surface area contributed by atoms with Crippen molar-refractivity contribution in [1.29, 1.82) is 0 Å². The Balaban J connectivity index is 1.54. The molecule has 13 heteroatoms. The number of nitrogens with zero attached hydrogens (tertiary/aromatic N) is 5.